The van der Waals surface area contributed by atoms with Crippen LogP contribution in [0.1, 0.15) is 85.0 Å². The van der Waals surface area contributed by atoms with Crippen molar-refractivity contribution in [1.29, 1.82) is 0 Å². The molecular formula is C19H35NO3. The number of primary amides is 1. The van der Waals surface area contributed by atoms with Gasteiger partial charge >= 0.3 is 5.97 Å². The molecule has 0 aliphatic heterocycles. The second kappa shape index (κ2) is 13.1. The van der Waals surface area contributed by atoms with Crippen molar-refractivity contribution >= 4 is 11.9 Å². The molecule has 0 saturated carbocycles. The third-order valence-corrected chi connectivity index (χ3v) is 4.19. The van der Waals surface area contributed by atoms with Crippen LogP contribution in [-0.4, -0.2) is 18.0 Å². The monoisotopic (exact) mass is 325 g/mol. The van der Waals surface area contributed by atoms with Gasteiger partial charge in [-0.3, -0.25) is 4.79 Å². The lowest BCUT2D eigenvalue weighted by Crippen LogP contribution is -2.36. The van der Waals surface area contributed by atoms with E-state index in [9.17, 15) is 9.59 Å². The first kappa shape index (κ1) is 21.7. The fraction of sp³-hybridized carbons (Fsp3) is 0.789. The van der Waals surface area contributed by atoms with Crippen LogP contribution >= 0.6 is 0 Å². The summed E-state index contributed by atoms with van der Waals surface area (Å²) in [5.41, 5.74) is 5.85. The average molecular weight is 325 g/mol. The minimum absolute atomic E-state index is 0.346. The van der Waals surface area contributed by atoms with Gasteiger partial charge in [0.15, 0.2) is 0 Å². The first-order valence-corrected chi connectivity index (χ1v) is 9.09. The molecule has 0 aromatic rings. The molecule has 4 heteroatoms. The van der Waals surface area contributed by atoms with Gasteiger partial charge in [-0.1, -0.05) is 71.8 Å². The van der Waals surface area contributed by atoms with Gasteiger partial charge in [-0.25, -0.2) is 4.79 Å². The molecule has 0 heterocycles. The Morgan fingerprint density at radius 2 is 1.52 bits per heavy atom. The van der Waals surface area contributed by atoms with Crippen molar-refractivity contribution in [2.24, 2.45) is 11.7 Å². The molecular weight excluding hydrogens is 290 g/mol. The summed E-state index contributed by atoms with van der Waals surface area (Å²) in [7, 11) is 0. The van der Waals surface area contributed by atoms with E-state index >= 15 is 0 Å². The highest BCUT2D eigenvalue weighted by molar-refractivity contribution is 5.87. The van der Waals surface area contributed by atoms with Gasteiger partial charge in [0, 0.05) is 5.57 Å². The van der Waals surface area contributed by atoms with E-state index in [2.05, 4.69) is 13.5 Å². The summed E-state index contributed by atoms with van der Waals surface area (Å²) in [4.78, 5) is 23.4. The van der Waals surface area contributed by atoms with Crippen LogP contribution < -0.4 is 5.73 Å². The molecule has 0 aromatic carbocycles. The van der Waals surface area contributed by atoms with Gasteiger partial charge in [-0.2, -0.15) is 0 Å². The van der Waals surface area contributed by atoms with Gasteiger partial charge < -0.3 is 10.5 Å². The number of carbonyl (C=O) groups is 2. The summed E-state index contributed by atoms with van der Waals surface area (Å²) in [6.45, 7) is 9.30. The van der Waals surface area contributed by atoms with Crippen LogP contribution in [-0.2, 0) is 14.3 Å². The second-order valence-electron chi connectivity index (χ2n) is 6.40. The van der Waals surface area contributed by atoms with E-state index in [1.807, 2.05) is 6.92 Å². The van der Waals surface area contributed by atoms with E-state index in [1.165, 1.54) is 38.5 Å². The van der Waals surface area contributed by atoms with E-state index in [4.69, 9.17) is 10.5 Å². The van der Waals surface area contributed by atoms with Crippen molar-refractivity contribution in [3.8, 4) is 0 Å². The highest BCUT2D eigenvalue weighted by Crippen LogP contribution is 2.21. The van der Waals surface area contributed by atoms with E-state index in [0.29, 0.717) is 18.4 Å². The fourth-order valence-corrected chi connectivity index (χ4v) is 2.70. The largest absolute Gasteiger partial charge is 0.458 e. The molecule has 134 valence electrons. The smallest absolute Gasteiger partial charge is 0.333 e. The molecule has 0 rings (SSSR count). The fourth-order valence-electron chi connectivity index (χ4n) is 2.70. The Bertz CT molecular complexity index is 366. The van der Waals surface area contributed by atoms with Crippen molar-refractivity contribution in [3.63, 3.8) is 0 Å². The van der Waals surface area contributed by atoms with Crippen molar-refractivity contribution in [1.82, 2.24) is 0 Å². The summed E-state index contributed by atoms with van der Waals surface area (Å²) >= 11 is 0. The van der Waals surface area contributed by atoms with Gasteiger partial charge in [0.2, 0.25) is 5.91 Å². The van der Waals surface area contributed by atoms with Gasteiger partial charge in [-0.15, -0.1) is 0 Å². The molecule has 0 aliphatic rings. The predicted octanol–water partition coefficient (Wildman–Crippen LogP) is 4.52. The third-order valence-electron chi connectivity index (χ3n) is 4.19. The van der Waals surface area contributed by atoms with E-state index in [-0.39, 0.29) is 5.91 Å². The minimum atomic E-state index is -0.445. The van der Waals surface area contributed by atoms with Crippen LogP contribution in [0.2, 0.25) is 0 Å². The zero-order chi connectivity index (χ0) is 17.7. The van der Waals surface area contributed by atoms with Crippen LogP contribution in [0.3, 0.4) is 0 Å². The summed E-state index contributed by atoms with van der Waals surface area (Å²) in [5, 5.41) is 0. The molecule has 23 heavy (non-hydrogen) atoms. The maximum atomic E-state index is 11.7. The summed E-state index contributed by atoms with van der Waals surface area (Å²) in [5.74, 6) is -1.23. The lowest BCUT2D eigenvalue weighted by molar-refractivity contribution is -0.149. The van der Waals surface area contributed by atoms with Crippen LogP contribution in [0, 0.1) is 5.92 Å². The zero-order valence-electron chi connectivity index (χ0n) is 15.2. The number of amides is 1. The standard InChI is InChI=1S/C19H35NO3/c1-5-7-8-9-10-11-12-13-14-16(18(20)21)17(6-2)23-19(22)15(3)4/h16-17H,3,5-14H2,1-2,4H3,(H2,20,21). The molecule has 0 radical (unpaired) electrons. The number of hydrogen-bond donors (Lipinski definition) is 1. The second-order valence-corrected chi connectivity index (χ2v) is 6.40. The number of unbranched alkanes of at least 4 members (excludes halogenated alkanes) is 7. The Labute approximate surface area is 141 Å². The molecule has 1 amide bonds. The Hall–Kier alpha value is -1.32. The van der Waals surface area contributed by atoms with Gasteiger partial charge in [0.05, 0.1) is 5.92 Å². The minimum Gasteiger partial charge on any atom is -0.458 e. The number of esters is 1. The molecule has 0 aliphatic carbocycles. The Balaban J connectivity index is 4.16. The van der Waals surface area contributed by atoms with Crippen LogP contribution in [0.4, 0.5) is 0 Å². The molecule has 2 atom stereocenters. The van der Waals surface area contributed by atoms with Gasteiger partial charge in [0.25, 0.3) is 0 Å². The first-order chi connectivity index (χ1) is 10.9. The molecule has 0 aromatic heterocycles. The van der Waals surface area contributed by atoms with E-state index in [0.717, 1.165) is 12.8 Å². The summed E-state index contributed by atoms with van der Waals surface area (Å²) in [6.07, 6.45) is 10.5. The molecule has 2 unspecified atom stereocenters. The quantitative estimate of drug-likeness (QED) is 0.290. The van der Waals surface area contributed by atoms with Crippen molar-refractivity contribution in [2.75, 3.05) is 0 Å². The molecule has 4 nitrogen and oxygen atoms in total. The Kier molecular flexibility index (Phi) is 12.4. The topological polar surface area (TPSA) is 69.4 Å². The Morgan fingerprint density at radius 1 is 1.00 bits per heavy atom. The maximum Gasteiger partial charge on any atom is 0.333 e. The van der Waals surface area contributed by atoms with Crippen LogP contribution in [0.25, 0.3) is 0 Å². The first-order valence-electron chi connectivity index (χ1n) is 9.09. The molecule has 0 spiro atoms. The summed E-state index contributed by atoms with van der Waals surface area (Å²) < 4.78 is 5.37. The number of nitrogens with two attached hydrogens (primary N) is 1. The molecule has 0 fully saturated rings. The normalized spacial score (nSPS) is 13.3. The van der Waals surface area contributed by atoms with E-state index in [1.54, 1.807) is 6.92 Å². The maximum absolute atomic E-state index is 11.7. The van der Waals surface area contributed by atoms with Gasteiger partial charge in [-0.05, 0) is 19.8 Å². The van der Waals surface area contributed by atoms with Crippen LogP contribution in [0.15, 0.2) is 12.2 Å². The van der Waals surface area contributed by atoms with Gasteiger partial charge in [0.1, 0.15) is 6.10 Å². The van der Waals surface area contributed by atoms with Crippen LogP contribution in [0.5, 0.6) is 0 Å². The molecule has 2 N–H and O–H groups in total. The predicted molar refractivity (Wildman–Crippen MR) is 94.9 cm³/mol. The zero-order valence-corrected chi connectivity index (χ0v) is 15.2. The lowest BCUT2D eigenvalue weighted by Gasteiger charge is -2.24. The number of hydrogen-bond acceptors (Lipinski definition) is 3. The number of carbonyl (C=O) groups excluding carboxylic acids is 2. The SMILES string of the molecule is C=C(C)C(=O)OC(CC)C(CCCCCCCCCC)C(N)=O. The molecule has 0 saturated heterocycles. The van der Waals surface area contributed by atoms with E-state index < -0.39 is 18.0 Å². The number of ether oxygens (including phenoxy) is 1. The lowest BCUT2D eigenvalue weighted by atomic mass is 9.92. The summed E-state index contributed by atoms with van der Waals surface area (Å²) in [6, 6.07) is 0. The highest BCUT2D eigenvalue weighted by atomic mass is 16.5. The average Bonchev–Trinajstić information content (AvgIpc) is 2.51. The molecule has 0 bridgehead atoms. The Morgan fingerprint density at radius 3 is 1.96 bits per heavy atom. The van der Waals surface area contributed by atoms with Crippen molar-refractivity contribution < 1.29 is 14.3 Å². The van der Waals surface area contributed by atoms with Crippen molar-refractivity contribution in [2.45, 2.75) is 91.1 Å². The van der Waals surface area contributed by atoms with Crippen molar-refractivity contribution in [3.05, 3.63) is 12.2 Å². The number of rotatable bonds is 14. The highest BCUT2D eigenvalue weighted by Gasteiger charge is 2.28. The third kappa shape index (κ3) is 10.1.